The van der Waals surface area contributed by atoms with Crippen molar-refractivity contribution in [1.82, 2.24) is 15.6 Å². The number of aliphatic imine (C=N–C) groups is 1. The lowest BCUT2D eigenvalue weighted by Gasteiger charge is -2.29. The lowest BCUT2D eigenvalue weighted by Crippen LogP contribution is -2.42. The second-order valence-electron chi connectivity index (χ2n) is 6.02. The number of nitrogens with zero attached hydrogens (tertiary/aromatic N) is 2. The van der Waals surface area contributed by atoms with E-state index in [1.807, 2.05) is 13.2 Å². The van der Waals surface area contributed by atoms with E-state index >= 15 is 0 Å². The monoisotopic (exact) mass is 436 g/mol. The third kappa shape index (κ3) is 6.40. The molecule has 0 spiro atoms. The molecule has 1 heterocycles. The van der Waals surface area contributed by atoms with Crippen molar-refractivity contribution in [2.75, 3.05) is 20.1 Å². The van der Waals surface area contributed by atoms with Gasteiger partial charge in [0.25, 0.3) is 0 Å². The molecular weight excluding hydrogens is 407 g/mol. The van der Waals surface area contributed by atoms with Gasteiger partial charge in [-0.15, -0.1) is 35.3 Å². The minimum Gasteiger partial charge on any atom is -0.356 e. The molecule has 4 nitrogen and oxygen atoms in total. The number of aromatic nitrogens is 1. The maximum absolute atomic E-state index is 4.39. The minimum atomic E-state index is 0. The van der Waals surface area contributed by atoms with Crippen LogP contribution in [-0.4, -0.2) is 31.1 Å². The first kappa shape index (κ1) is 19.7. The van der Waals surface area contributed by atoms with Gasteiger partial charge in [-0.25, -0.2) is 4.98 Å². The quantitative estimate of drug-likeness (QED) is 0.421. The van der Waals surface area contributed by atoms with Crippen LogP contribution in [0.15, 0.2) is 11.2 Å². The summed E-state index contributed by atoms with van der Waals surface area (Å²) >= 11 is 1.77. The zero-order valence-electron chi connectivity index (χ0n) is 13.9. The molecule has 0 aliphatic heterocycles. The molecule has 0 aromatic carbocycles. The molecule has 1 fully saturated rings. The van der Waals surface area contributed by atoms with Crippen molar-refractivity contribution in [2.45, 2.75) is 46.0 Å². The van der Waals surface area contributed by atoms with Crippen molar-refractivity contribution in [3.05, 3.63) is 16.1 Å². The van der Waals surface area contributed by atoms with E-state index in [2.05, 4.69) is 34.5 Å². The number of nitrogens with one attached hydrogen (secondary N) is 2. The first-order chi connectivity index (χ1) is 10.2. The number of guanidine groups is 1. The van der Waals surface area contributed by atoms with Crippen molar-refractivity contribution in [3.8, 4) is 0 Å². The molecule has 6 heteroatoms. The summed E-state index contributed by atoms with van der Waals surface area (Å²) in [5.74, 6) is 2.54. The van der Waals surface area contributed by atoms with Gasteiger partial charge in [0.1, 0.15) is 0 Å². The molecule has 1 aromatic rings. The number of thiazole rings is 1. The van der Waals surface area contributed by atoms with E-state index in [4.69, 9.17) is 0 Å². The maximum atomic E-state index is 4.39. The lowest BCUT2D eigenvalue weighted by molar-refractivity contribution is 0.256. The summed E-state index contributed by atoms with van der Waals surface area (Å²) in [6.07, 6.45) is 8.41. The topological polar surface area (TPSA) is 49.3 Å². The normalized spacial score (nSPS) is 22.0. The molecule has 1 aliphatic carbocycles. The van der Waals surface area contributed by atoms with E-state index in [-0.39, 0.29) is 24.0 Å². The Bertz CT molecular complexity index is 461. The summed E-state index contributed by atoms with van der Waals surface area (Å²) in [6.45, 7) is 6.40. The highest BCUT2D eigenvalue weighted by Crippen LogP contribution is 2.28. The van der Waals surface area contributed by atoms with E-state index in [0.717, 1.165) is 37.3 Å². The van der Waals surface area contributed by atoms with E-state index in [1.165, 1.54) is 35.6 Å². The molecular formula is C16H29IN4S. The molecule has 1 aliphatic rings. The van der Waals surface area contributed by atoms with Gasteiger partial charge >= 0.3 is 0 Å². The van der Waals surface area contributed by atoms with Crippen LogP contribution in [0.1, 0.15) is 42.5 Å². The molecule has 2 unspecified atom stereocenters. The van der Waals surface area contributed by atoms with Crippen LogP contribution in [0.5, 0.6) is 0 Å². The summed E-state index contributed by atoms with van der Waals surface area (Å²) < 4.78 is 0. The third-order valence-electron chi connectivity index (χ3n) is 4.34. The molecule has 0 radical (unpaired) electrons. The van der Waals surface area contributed by atoms with E-state index in [0.29, 0.717) is 0 Å². The average Bonchev–Trinajstić information content (AvgIpc) is 2.90. The lowest BCUT2D eigenvalue weighted by atomic mass is 9.80. The van der Waals surface area contributed by atoms with Gasteiger partial charge in [-0.3, -0.25) is 4.99 Å². The molecule has 0 amide bonds. The van der Waals surface area contributed by atoms with Gasteiger partial charge in [0.05, 0.1) is 5.01 Å². The number of hydrogen-bond acceptors (Lipinski definition) is 3. The van der Waals surface area contributed by atoms with Crippen LogP contribution in [0.3, 0.4) is 0 Å². The van der Waals surface area contributed by atoms with Crippen molar-refractivity contribution < 1.29 is 0 Å². The Balaban J connectivity index is 0.00000242. The highest BCUT2D eigenvalue weighted by atomic mass is 127. The third-order valence-corrected chi connectivity index (χ3v) is 5.32. The van der Waals surface area contributed by atoms with Gasteiger partial charge in [-0.05, 0) is 25.2 Å². The maximum Gasteiger partial charge on any atom is 0.190 e. The van der Waals surface area contributed by atoms with Crippen LogP contribution in [0.2, 0.25) is 0 Å². The Morgan fingerprint density at radius 2 is 2.14 bits per heavy atom. The predicted octanol–water partition coefficient (Wildman–Crippen LogP) is 3.60. The number of hydrogen-bond donors (Lipinski definition) is 2. The van der Waals surface area contributed by atoms with E-state index < -0.39 is 0 Å². The fourth-order valence-corrected chi connectivity index (χ4v) is 3.74. The summed E-state index contributed by atoms with van der Waals surface area (Å²) in [4.78, 5) is 9.97. The van der Waals surface area contributed by atoms with Gasteiger partial charge < -0.3 is 10.6 Å². The largest absolute Gasteiger partial charge is 0.356 e. The smallest absolute Gasteiger partial charge is 0.190 e. The Hall–Kier alpha value is -0.370. The zero-order valence-corrected chi connectivity index (χ0v) is 17.0. The first-order valence-electron chi connectivity index (χ1n) is 8.05. The first-order valence-corrected chi connectivity index (χ1v) is 8.86. The molecule has 1 aromatic heterocycles. The van der Waals surface area contributed by atoms with Crippen LogP contribution in [-0.2, 0) is 6.42 Å². The summed E-state index contributed by atoms with van der Waals surface area (Å²) in [5.41, 5.74) is 0. The fraction of sp³-hybridized carbons (Fsp3) is 0.750. The van der Waals surface area contributed by atoms with Crippen LogP contribution in [0.4, 0.5) is 0 Å². The molecule has 1 saturated carbocycles. The van der Waals surface area contributed by atoms with Gasteiger partial charge in [0, 0.05) is 37.6 Å². The summed E-state index contributed by atoms with van der Waals surface area (Å²) in [5, 5.41) is 8.06. The van der Waals surface area contributed by atoms with Gasteiger partial charge in [-0.2, -0.15) is 0 Å². The van der Waals surface area contributed by atoms with Crippen LogP contribution < -0.4 is 10.6 Å². The van der Waals surface area contributed by atoms with Crippen molar-refractivity contribution in [2.24, 2.45) is 16.8 Å². The highest BCUT2D eigenvalue weighted by molar-refractivity contribution is 14.0. The SMILES string of the molecule is CN=C(NCCc1ncc(C)s1)NCC1CCCCC1C.I. The molecule has 2 rings (SSSR count). The highest BCUT2D eigenvalue weighted by Gasteiger charge is 2.21. The average molecular weight is 436 g/mol. The fourth-order valence-electron chi connectivity index (χ4n) is 2.95. The second kappa shape index (κ2) is 10.4. The van der Waals surface area contributed by atoms with Gasteiger partial charge in [0.2, 0.25) is 0 Å². The van der Waals surface area contributed by atoms with E-state index in [1.54, 1.807) is 11.3 Å². The van der Waals surface area contributed by atoms with Gasteiger partial charge in [-0.1, -0.05) is 26.2 Å². The Labute approximate surface area is 155 Å². The van der Waals surface area contributed by atoms with Crippen LogP contribution >= 0.6 is 35.3 Å². The molecule has 2 N–H and O–H groups in total. The molecule has 2 atom stereocenters. The Kier molecular flexibility index (Phi) is 9.31. The van der Waals surface area contributed by atoms with Gasteiger partial charge in [0.15, 0.2) is 5.96 Å². The summed E-state index contributed by atoms with van der Waals surface area (Å²) in [7, 11) is 1.84. The zero-order chi connectivity index (χ0) is 15.1. The summed E-state index contributed by atoms with van der Waals surface area (Å²) in [6, 6.07) is 0. The second-order valence-corrected chi connectivity index (χ2v) is 7.34. The molecule has 22 heavy (non-hydrogen) atoms. The number of aryl methyl sites for hydroxylation is 1. The minimum absolute atomic E-state index is 0. The Morgan fingerprint density at radius 3 is 2.77 bits per heavy atom. The van der Waals surface area contributed by atoms with E-state index in [9.17, 15) is 0 Å². The predicted molar refractivity (Wildman–Crippen MR) is 106 cm³/mol. The van der Waals surface area contributed by atoms with Crippen LogP contribution in [0.25, 0.3) is 0 Å². The number of halogens is 1. The van der Waals surface area contributed by atoms with Crippen LogP contribution in [0, 0.1) is 18.8 Å². The number of rotatable bonds is 5. The molecule has 0 saturated heterocycles. The Morgan fingerprint density at radius 1 is 1.36 bits per heavy atom. The molecule has 126 valence electrons. The standard InChI is InChI=1S/C16H28N4S.HI/c1-12-6-4-5-7-14(12)11-20-16(17-3)18-9-8-15-19-10-13(2)21-15;/h10,12,14H,4-9,11H2,1-3H3,(H2,17,18,20);1H. The van der Waals surface area contributed by atoms with Crippen molar-refractivity contribution in [3.63, 3.8) is 0 Å². The molecule has 0 bridgehead atoms. The van der Waals surface area contributed by atoms with Crippen molar-refractivity contribution >= 4 is 41.3 Å². The van der Waals surface area contributed by atoms with Crippen molar-refractivity contribution in [1.29, 1.82) is 0 Å².